The fourth-order valence-corrected chi connectivity index (χ4v) is 10.6. The van der Waals surface area contributed by atoms with Gasteiger partial charge in [0.1, 0.15) is 0 Å². The zero-order chi connectivity index (χ0) is 28.3. The molecule has 0 aromatic heterocycles. The van der Waals surface area contributed by atoms with Crippen molar-refractivity contribution in [3.63, 3.8) is 0 Å². The van der Waals surface area contributed by atoms with E-state index in [1.165, 1.54) is 0 Å². The molecule has 6 nitrogen and oxygen atoms in total. The molecule has 0 radical (unpaired) electrons. The Bertz CT molecular complexity index is 951. The predicted octanol–water partition coefficient (Wildman–Crippen LogP) is 4.54. The van der Waals surface area contributed by atoms with Crippen LogP contribution < -0.4 is 15.3 Å². The molecule has 3 aliphatic heterocycles. The van der Waals surface area contributed by atoms with Gasteiger partial charge in [0.15, 0.2) is 0 Å². The molecule has 0 aromatic rings. The molecule has 13 heteroatoms. The summed E-state index contributed by atoms with van der Waals surface area (Å²) in [6.07, 6.45) is 9.78. The molecule has 220 valence electrons. The number of hydrogen-bond donors (Lipinski definition) is 0. The molecule has 3 aliphatic carbocycles. The summed E-state index contributed by atoms with van der Waals surface area (Å²) in [4.78, 5) is 4.16. The van der Waals surface area contributed by atoms with Crippen LogP contribution >= 0.6 is 103 Å². The second-order valence-corrected chi connectivity index (χ2v) is 16.6. The topological polar surface area (TPSA) is 110 Å². The van der Waals surface area contributed by atoms with Gasteiger partial charge < -0.3 is 26.0 Å². The van der Waals surface area contributed by atoms with Crippen molar-refractivity contribution >= 4 is 128 Å². The molecule has 2 saturated heterocycles. The van der Waals surface area contributed by atoms with Crippen molar-refractivity contribution in [1.29, 1.82) is 0 Å². The summed E-state index contributed by atoms with van der Waals surface area (Å²) in [6, 6.07) is 0.0128. The van der Waals surface area contributed by atoms with Gasteiger partial charge >= 0.3 is 19.8 Å². The fraction of sp³-hybridized carbons (Fsp3) is 0.741. The fourth-order valence-electron chi connectivity index (χ4n) is 6.03. The van der Waals surface area contributed by atoms with Crippen molar-refractivity contribution in [1.82, 2.24) is 0 Å². The van der Waals surface area contributed by atoms with Crippen LogP contribution in [-0.4, -0.2) is 94.1 Å². The first kappa shape index (κ1) is 36.9. The normalized spacial score (nSPS) is 42.2. The Morgan fingerprint density at radius 3 is 1.88 bits per heavy atom. The largest absolute Gasteiger partial charge is 3.00 e. The van der Waals surface area contributed by atoms with Crippen LogP contribution in [0, 0.1) is 11.8 Å². The van der Waals surface area contributed by atoms with E-state index >= 15 is 0 Å². The third-order valence-corrected chi connectivity index (χ3v) is 12.7. The minimum atomic E-state index is -0.844. The molecule has 0 aromatic carbocycles. The quantitative estimate of drug-likeness (QED) is 0.202. The number of hydrogen-bond acceptors (Lipinski definition) is 4. The van der Waals surface area contributed by atoms with Crippen molar-refractivity contribution in [3.8, 4) is 0 Å². The molecular weight excluding hydrogens is 971 g/mol. The Morgan fingerprint density at radius 2 is 1.38 bits per heavy atom. The standard InChI is InChI=1S/2C9H13ClINO.C9H6ClINO.Ga/c3*10-6-4-7(11)9(13)8-5(6)2-1-3-12-8;/h2*5-9H,1-4H2;1-2,4,9H,3H2;/q2*-2;-1;+3. The zero-order valence-electron chi connectivity index (χ0n) is 21.9. The maximum atomic E-state index is 11.8. The molecule has 0 N–H and O–H groups in total. The molecule has 11 unspecified atom stereocenters. The smallest absolute Gasteiger partial charge is 0.852 e. The van der Waals surface area contributed by atoms with Gasteiger partial charge in [-0.25, -0.2) is 0 Å². The van der Waals surface area contributed by atoms with Crippen molar-refractivity contribution in [3.05, 3.63) is 43.0 Å². The number of rotatable bonds is 0. The van der Waals surface area contributed by atoms with Gasteiger partial charge in [0, 0.05) is 22.0 Å². The van der Waals surface area contributed by atoms with Crippen molar-refractivity contribution in [2.75, 3.05) is 19.6 Å². The number of allylic oxidation sites excluding steroid dienone is 3. The maximum absolute atomic E-state index is 11.8. The Labute approximate surface area is 306 Å². The van der Waals surface area contributed by atoms with Crippen LogP contribution in [0.25, 0.3) is 10.6 Å². The summed E-state index contributed by atoms with van der Waals surface area (Å²) in [5.41, 5.74) is 1.37. The summed E-state index contributed by atoms with van der Waals surface area (Å²) < 4.78 is 1.05. The van der Waals surface area contributed by atoms with Gasteiger partial charge in [-0.1, -0.05) is 94.6 Å². The molecule has 4 fully saturated rings. The van der Waals surface area contributed by atoms with E-state index in [0.29, 0.717) is 32.7 Å². The van der Waals surface area contributed by atoms with E-state index in [1.807, 2.05) is 34.7 Å². The van der Waals surface area contributed by atoms with Crippen LogP contribution in [0.15, 0.2) is 37.4 Å². The summed E-state index contributed by atoms with van der Waals surface area (Å²) >= 11 is 24.9. The number of piperidine rings is 2. The minimum Gasteiger partial charge on any atom is -0.852 e. The molecule has 2 saturated carbocycles. The second-order valence-electron chi connectivity index (χ2n) is 10.7. The average Bonchev–Trinajstić information content (AvgIpc) is 2.94. The Hall–Kier alpha value is 2.39. The van der Waals surface area contributed by atoms with Crippen LogP contribution in [0.4, 0.5) is 0 Å². The van der Waals surface area contributed by atoms with Crippen LogP contribution in [-0.2, 0) is 0 Å². The summed E-state index contributed by atoms with van der Waals surface area (Å²) in [5, 5.41) is 45.2. The Kier molecular flexibility index (Phi) is 16.0. The Balaban J connectivity index is 0.000000163. The first-order valence-electron chi connectivity index (χ1n) is 13.4. The van der Waals surface area contributed by atoms with Crippen LogP contribution in [0.5, 0.6) is 0 Å². The van der Waals surface area contributed by atoms with Gasteiger partial charge in [0.25, 0.3) is 0 Å². The van der Waals surface area contributed by atoms with Gasteiger partial charge in [0.2, 0.25) is 0 Å². The van der Waals surface area contributed by atoms with Crippen molar-refractivity contribution in [2.24, 2.45) is 16.8 Å². The number of dihydropyridines is 1. The molecular formula is C27H32Cl3GaI3N3O3-2. The first-order valence-corrected chi connectivity index (χ1v) is 18.3. The van der Waals surface area contributed by atoms with E-state index in [0.717, 1.165) is 57.2 Å². The third kappa shape index (κ3) is 9.01. The van der Waals surface area contributed by atoms with Crippen molar-refractivity contribution < 1.29 is 15.3 Å². The molecule has 40 heavy (non-hydrogen) atoms. The van der Waals surface area contributed by atoms with Crippen LogP contribution in [0.1, 0.15) is 38.5 Å². The molecule has 0 spiro atoms. The van der Waals surface area contributed by atoms with E-state index in [2.05, 4.69) is 60.8 Å². The van der Waals surface area contributed by atoms with Gasteiger partial charge in [-0.3, -0.25) is 4.99 Å². The summed E-state index contributed by atoms with van der Waals surface area (Å²) in [6.45, 7) is 2.32. The number of nitrogens with zero attached hydrogens (tertiary/aromatic N) is 3. The molecule has 6 aliphatic rings. The first-order chi connectivity index (χ1) is 18.6. The van der Waals surface area contributed by atoms with Crippen molar-refractivity contribution in [2.45, 2.75) is 87.5 Å². The molecule has 0 bridgehead atoms. The van der Waals surface area contributed by atoms with E-state index in [1.54, 1.807) is 6.08 Å². The maximum Gasteiger partial charge on any atom is 3.00 e. The molecule has 3 heterocycles. The van der Waals surface area contributed by atoms with Crippen LogP contribution in [0.2, 0.25) is 0 Å². The predicted molar refractivity (Wildman–Crippen MR) is 187 cm³/mol. The minimum absolute atomic E-state index is 0. The zero-order valence-corrected chi connectivity index (χ0v) is 33.0. The van der Waals surface area contributed by atoms with E-state index in [4.69, 9.17) is 34.8 Å². The summed E-state index contributed by atoms with van der Waals surface area (Å²) in [5.74, 6) is 0.730. The van der Waals surface area contributed by atoms with Gasteiger partial charge in [-0.15, -0.1) is 60.6 Å². The van der Waals surface area contributed by atoms with Gasteiger partial charge in [0.05, 0.1) is 11.6 Å². The number of halogens is 6. The van der Waals surface area contributed by atoms with E-state index in [-0.39, 0.29) is 50.5 Å². The molecule has 0 amide bonds. The number of alkyl halides is 4. The SMILES string of the molecule is [Ga+3].[O-]C1C(I)=CC(Cl)=C2C=CCN=C21.[O-]C1C(I)CC(Cl)C2CCC[N-]C12.[O-]C1C(I)CC(Cl)C2CCC[N-]C12. The van der Waals surface area contributed by atoms with E-state index in [9.17, 15) is 15.3 Å². The molecule has 6 rings (SSSR count). The average molecular weight is 1000 g/mol. The van der Waals surface area contributed by atoms with Gasteiger partial charge in [-0.05, 0) is 70.9 Å². The monoisotopic (exact) mass is 1000 g/mol. The third-order valence-electron chi connectivity index (χ3n) is 8.11. The van der Waals surface area contributed by atoms with Crippen LogP contribution in [0.3, 0.4) is 0 Å². The Morgan fingerprint density at radius 1 is 0.875 bits per heavy atom. The molecule has 11 atom stereocenters. The van der Waals surface area contributed by atoms with E-state index < -0.39 is 18.3 Å². The number of aliphatic imine (C=N–C) groups is 1. The second kappa shape index (κ2) is 17.3. The van der Waals surface area contributed by atoms with Gasteiger partial charge in [-0.2, -0.15) is 0 Å². The number of fused-ring (bicyclic) bond motifs is 3. The summed E-state index contributed by atoms with van der Waals surface area (Å²) in [7, 11) is 0.